The molecule has 2 aromatic carbocycles. The van der Waals surface area contributed by atoms with E-state index in [1.807, 2.05) is 54.4 Å². The molecule has 0 spiro atoms. The minimum absolute atomic E-state index is 0.000544. The average Bonchev–Trinajstić information content (AvgIpc) is 3.06. The van der Waals surface area contributed by atoms with Crippen molar-refractivity contribution >= 4 is 34.6 Å². The van der Waals surface area contributed by atoms with Crippen LogP contribution in [0.2, 0.25) is 0 Å². The lowest BCUT2D eigenvalue weighted by Gasteiger charge is -2.17. The first-order valence-corrected chi connectivity index (χ1v) is 11.6. The van der Waals surface area contributed by atoms with E-state index in [1.54, 1.807) is 12.5 Å². The Hall–Kier alpha value is -3.35. The van der Waals surface area contributed by atoms with Gasteiger partial charge in [0.15, 0.2) is 0 Å². The quantitative estimate of drug-likeness (QED) is 0.374. The van der Waals surface area contributed by atoms with Gasteiger partial charge in [0.25, 0.3) is 0 Å². The number of hydrogen-bond donors (Lipinski definition) is 2. The Labute approximate surface area is 183 Å². The topological polar surface area (TPSA) is 115 Å². The van der Waals surface area contributed by atoms with E-state index in [0.717, 1.165) is 22.3 Å². The Balaban J connectivity index is 1.67. The lowest BCUT2D eigenvalue weighted by atomic mass is 9.98. The number of ether oxygens (including phenoxy) is 1. The largest absolute Gasteiger partial charge is 0.759 e. The number of rotatable bonds is 8. The fourth-order valence-electron chi connectivity index (χ4n) is 3.64. The molecule has 1 aliphatic rings. The second-order valence-corrected chi connectivity index (χ2v) is 9.29. The molecular weight excluding hydrogens is 416 g/mol. The zero-order chi connectivity index (χ0) is 22.5. The molecule has 0 radical (unpaired) electrons. The number of amides is 1. The lowest BCUT2D eigenvalue weighted by molar-refractivity contribution is -0.140. The second-order valence-electron chi connectivity index (χ2n) is 7.25. The van der Waals surface area contributed by atoms with Gasteiger partial charge in [0.05, 0.1) is 0 Å². The van der Waals surface area contributed by atoms with E-state index in [-0.39, 0.29) is 17.4 Å². The van der Waals surface area contributed by atoms with Crippen LogP contribution in [0, 0.1) is 0 Å². The average molecular weight is 439 g/mol. The Bertz CT molecular complexity index is 1030. The second kappa shape index (κ2) is 9.64. The summed E-state index contributed by atoms with van der Waals surface area (Å²) in [6, 6.07) is 14.2. The number of carboxylic acids is 1. The van der Waals surface area contributed by atoms with Gasteiger partial charge >= 0.3 is 12.1 Å². The molecule has 2 N–H and O–H groups in total. The lowest BCUT2D eigenvalue weighted by Crippen LogP contribution is -2.43. The molecule has 0 fully saturated rings. The Morgan fingerprint density at radius 1 is 1.10 bits per heavy atom. The van der Waals surface area contributed by atoms with Crippen LogP contribution in [-0.2, 0) is 25.2 Å². The molecule has 0 bridgehead atoms. The number of nitrogens with zero attached hydrogens (tertiary/aromatic N) is 1. The molecule has 1 amide bonds. The number of aliphatic carboxylic acids is 1. The fourth-order valence-corrected chi connectivity index (χ4v) is 4.36. The maximum atomic E-state index is 12.3. The van der Waals surface area contributed by atoms with Crippen molar-refractivity contribution < 1.29 is 24.2 Å². The van der Waals surface area contributed by atoms with Crippen molar-refractivity contribution in [3.05, 3.63) is 70.0 Å². The highest BCUT2D eigenvalue weighted by molar-refractivity contribution is 8.00. The van der Waals surface area contributed by atoms with Crippen molar-refractivity contribution in [3.8, 4) is 11.1 Å². The summed E-state index contributed by atoms with van der Waals surface area (Å²) in [6.45, 7) is 0.0308. The van der Waals surface area contributed by atoms with Crippen LogP contribution in [0.25, 0.3) is 16.5 Å². The van der Waals surface area contributed by atoms with E-state index in [4.69, 9.17) is 10.1 Å². The van der Waals surface area contributed by atoms with E-state index < -0.39 is 41.2 Å². The number of alkyl carbamates (subject to hydrolysis) is 1. The van der Waals surface area contributed by atoms with Crippen molar-refractivity contribution in [2.75, 3.05) is 19.1 Å². The molecular formula is C23H22N2O5S. The number of ketones is 1. The molecule has 1 aliphatic carbocycles. The third-order valence-electron chi connectivity index (χ3n) is 5.09. The summed E-state index contributed by atoms with van der Waals surface area (Å²) in [7, 11) is -0.604. The smallest absolute Gasteiger partial charge is 0.407 e. The minimum atomic E-state index is -1.48. The summed E-state index contributed by atoms with van der Waals surface area (Å²) in [4.78, 5) is 36.1. The molecule has 1 atom stereocenters. The summed E-state index contributed by atoms with van der Waals surface area (Å²) in [5.74, 6) is -0.305. The van der Waals surface area contributed by atoms with Crippen LogP contribution < -0.4 is 5.32 Å². The van der Waals surface area contributed by atoms with Crippen LogP contribution in [0.15, 0.2) is 53.4 Å². The number of carboxylic acid groups (broad SMARTS) is 1. The molecule has 7 nitrogen and oxygen atoms in total. The number of nitrogens with one attached hydrogen (secondary N) is 1. The number of allylic oxidation sites excluding steroid dienone is 1. The Kier molecular flexibility index (Phi) is 6.95. The number of fused-ring (bicyclic) bond motifs is 3. The van der Waals surface area contributed by atoms with Gasteiger partial charge in [-0.25, -0.2) is 15.5 Å². The Morgan fingerprint density at radius 2 is 1.65 bits per heavy atom. The van der Waals surface area contributed by atoms with Gasteiger partial charge in [-0.3, -0.25) is 4.79 Å². The molecule has 0 heterocycles. The SMILES string of the molecule is C[S+](C)C(=C=[N-])C(=O)C[C@@H](NC(=O)OCC1c2ccccc2-c2ccccc21)C(=O)O. The van der Waals surface area contributed by atoms with E-state index >= 15 is 0 Å². The first kappa shape index (κ1) is 22.3. The van der Waals surface area contributed by atoms with Crippen molar-refractivity contribution in [2.45, 2.75) is 18.4 Å². The summed E-state index contributed by atoms with van der Waals surface area (Å²) >= 11 is 0. The first-order valence-electron chi connectivity index (χ1n) is 9.55. The minimum Gasteiger partial charge on any atom is -0.759 e. The van der Waals surface area contributed by atoms with E-state index in [2.05, 4.69) is 5.32 Å². The van der Waals surface area contributed by atoms with Gasteiger partial charge in [-0.05, 0) is 22.3 Å². The monoisotopic (exact) mass is 438 g/mol. The molecule has 0 aromatic heterocycles. The molecule has 0 aliphatic heterocycles. The fraction of sp³-hybridized carbons (Fsp3) is 0.261. The molecule has 8 heteroatoms. The van der Waals surface area contributed by atoms with Gasteiger partial charge in [-0.2, -0.15) is 0 Å². The highest BCUT2D eigenvalue weighted by atomic mass is 32.2. The molecule has 0 saturated heterocycles. The summed E-state index contributed by atoms with van der Waals surface area (Å²) in [6.07, 6.45) is 1.97. The molecule has 0 unspecified atom stereocenters. The number of carbonyl (C=O) groups excluding carboxylic acids is 2. The summed E-state index contributed by atoms with van der Waals surface area (Å²) in [5.41, 5.74) is 4.23. The molecule has 0 saturated carbocycles. The normalized spacial score (nSPS) is 13.0. The third-order valence-corrected chi connectivity index (χ3v) is 6.22. The van der Waals surface area contributed by atoms with Crippen LogP contribution in [0.5, 0.6) is 0 Å². The van der Waals surface area contributed by atoms with Crippen LogP contribution >= 0.6 is 0 Å². The van der Waals surface area contributed by atoms with Crippen molar-refractivity contribution in [3.63, 3.8) is 0 Å². The Morgan fingerprint density at radius 3 is 2.13 bits per heavy atom. The number of hydrogen-bond acceptors (Lipinski definition) is 4. The zero-order valence-electron chi connectivity index (χ0n) is 17.1. The maximum absolute atomic E-state index is 12.3. The van der Waals surface area contributed by atoms with Gasteiger partial charge in [0, 0.05) is 23.2 Å². The summed E-state index contributed by atoms with van der Waals surface area (Å²) < 4.78 is 5.34. The number of Topliss-reactive ketones (excluding diaryl/α,β-unsaturated/α-hetero) is 1. The van der Waals surface area contributed by atoms with Crippen molar-refractivity contribution in [1.29, 1.82) is 0 Å². The molecule has 31 heavy (non-hydrogen) atoms. The van der Waals surface area contributed by atoms with Crippen LogP contribution in [0.4, 0.5) is 4.79 Å². The third kappa shape index (κ3) is 4.87. The van der Waals surface area contributed by atoms with E-state index in [1.165, 1.54) is 0 Å². The predicted molar refractivity (Wildman–Crippen MR) is 120 cm³/mol. The summed E-state index contributed by atoms with van der Waals surface area (Å²) in [5, 5.41) is 20.7. The highest BCUT2D eigenvalue weighted by Gasteiger charge is 2.31. The van der Waals surface area contributed by atoms with Crippen molar-refractivity contribution in [2.24, 2.45) is 0 Å². The molecule has 2 aromatic rings. The zero-order valence-corrected chi connectivity index (χ0v) is 17.9. The molecule has 3 rings (SSSR count). The van der Waals surface area contributed by atoms with Gasteiger partial charge in [-0.1, -0.05) is 48.5 Å². The van der Waals surface area contributed by atoms with Crippen LogP contribution in [-0.4, -0.2) is 54.0 Å². The standard InChI is InChI=1S/C23H22N2O5S/c1-31(2)21(12-24)20(26)11-19(22(27)28)25-23(29)30-13-18-16-9-5-3-7-14(16)15-8-4-6-10-17(15)18/h3-10,18-19H,11,13H2,1-2H3,(H,25,29)(H,27,28)/t19-/m1/s1. The highest BCUT2D eigenvalue weighted by Crippen LogP contribution is 2.44. The van der Waals surface area contributed by atoms with Gasteiger partial charge < -0.3 is 20.6 Å². The van der Waals surface area contributed by atoms with E-state index in [0.29, 0.717) is 0 Å². The van der Waals surface area contributed by atoms with Crippen LogP contribution in [0.1, 0.15) is 23.5 Å². The van der Waals surface area contributed by atoms with Gasteiger partial charge in [0.1, 0.15) is 25.2 Å². The van der Waals surface area contributed by atoms with Gasteiger partial charge in [0.2, 0.25) is 10.7 Å². The first-order chi connectivity index (χ1) is 14.8. The van der Waals surface area contributed by atoms with Crippen molar-refractivity contribution in [1.82, 2.24) is 5.32 Å². The van der Waals surface area contributed by atoms with Gasteiger partial charge in [-0.15, -0.1) is 0 Å². The van der Waals surface area contributed by atoms with E-state index in [9.17, 15) is 19.5 Å². The molecule has 160 valence electrons. The number of carbonyl (C=O) groups is 3. The predicted octanol–water partition coefficient (Wildman–Crippen LogP) is 2.94. The van der Waals surface area contributed by atoms with Crippen LogP contribution in [0.3, 0.4) is 0 Å². The number of benzene rings is 2. The maximum Gasteiger partial charge on any atom is 0.407 e.